The first-order valence-electron chi connectivity index (χ1n) is 6.17. The summed E-state index contributed by atoms with van der Waals surface area (Å²) in [5.41, 5.74) is 0. The lowest BCUT2D eigenvalue weighted by Crippen LogP contribution is -2.51. The molecule has 19 heavy (non-hydrogen) atoms. The maximum Gasteiger partial charge on any atom is 0.377 e. The van der Waals surface area contributed by atoms with Gasteiger partial charge < -0.3 is 14.4 Å². The van der Waals surface area contributed by atoms with E-state index in [9.17, 15) is 19.2 Å². The minimum atomic E-state index is -1.54. The Morgan fingerprint density at radius 2 is 1.79 bits per heavy atom. The van der Waals surface area contributed by atoms with E-state index in [1.807, 2.05) is 0 Å². The lowest BCUT2D eigenvalue weighted by Gasteiger charge is -2.24. The largest absolute Gasteiger partial charge is 0.464 e. The predicted octanol–water partition coefficient (Wildman–Crippen LogP) is -0.329. The number of carbonyl (C=O) groups is 4. The number of rotatable bonds is 8. The fraction of sp³-hybridized carbons (Fsp3) is 0.667. The molecule has 0 aromatic carbocycles. The highest BCUT2D eigenvalue weighted by molar-refractivity contribution is 6.40. The van der Waals surface area contributed by atoms with Crippen LogP contribution in [0.25, 0.3) is 0 Å². The first-order chi connectivity index (χ1) is 9.06. The minimum Gasteiger partial charge on any atom is -0.464 e. The van der Waals surface area contributed by atoms with Crippen molar-refractivity contribution in [1.82, 2.24) is 4.90 Å². The summed E-state index contributed by atoms with van der Waals surface area (Å²) >= 11 is 0. The van der Waals surface area contributed by atoms with Crippen LogP contribution in [0.1, 0.15) is 26.7 Å². The summed E-state index contributed by atoms with van der Waals surface area (Å²) in [5, 5.41) is 0. The van der Waals surface area contributed by atoms with Crippen molar-refractivity contribution < 1.29 is 28.7 Å². The summed E-state index contributed by atoms with van der Waals surface area (Å²) in [7, 11) is 0. The topological polar surface area (TPSA) is 90.0 Å². The van der Waals surface area contributed by atoms with Gasteiger partial charge in [0.1, 0.15) is 0 Å². The average Bonchev–Trinajstić information content (AvgIpc) is 3.19. The van der Waals surface area contributed by atoms with Gasteiger partial charge in [-0.2, -0.15) is 0 Å². The van der Waals surface area contributed by atoms with Crippen LogP contribution >= 0.6 is 0 Å². The van der Waals surface area contributed by atoms with E-state index in [2.05, 4.69) is 4.74 Å². The molecule has 1 saturated carbocycles. The van der Waals surface area contributed by atoms with E-state index >= 15 is 0 Å². The van der Waals surface area contributed by atoms with E-state index in [1.54, 1.807) is 13.8 Å². The summed E-state index contributed by atoms with van der Waals surface area (Å²) in [6.45, 7) is 3.20. The molecule has 0 aromatic heterocycles. The molecule has 0 radical (unpaired) electrons. The molecule has 1 aliphatic rings. The highest BCUT2D eigenvalue weighted by atomic mass is 16.5. The van der Waals surface area contributed by atoms with E-state index in [1.165, 1.54) is 0 Å². The molecular weight excluding hydrogens is 254 g/mol. The van der Waals surface area contributed by atoms with Crippen LogP contribution in [0.2, 0.25) is 0 Å². The van der Waals surface area contributed by atoms with Gasteiger partial charge in [-0.25, -0.2) is 9.59 Å². The first kappa shape index (κ1) is 15.1. The maximum absolute atomic E-state index is 11.9. The standard InChI is InChI=1S/C12H17NO6/c1-3-18-11(16)9(10(15)12(17)19-4-2)13(7-14)8-5-6-8/h7-9H,3-6H2,1-2H3. The Labute approximate surface area is 110 Å². The number of hydrogen-bond donors (Lipinski definition) is 0. The number of Topliss-reactive ketones (excluding diaryl/α,β-unsaturated/α-hetero) is 1. The molecule has 0 heterocycles. The molecular formula is C12H17NO6. The van der Waals surface area contributed by atoms with Gasteiger partial charge in [0, 0.05) is 6.04 Å². The third-order valence-corrected chi connectivity index (χ3v) is 2.62. The average molecular weight is 271 g/mol. The number of hydrogen-bond acceptors (Lipinski definition) is 6. The van der Waals surface area contributed by atoms with Crippen molar-refractivity contribution in [2.75, 3.05) is 13.2 Å². The molecule has 106 valence electrons. The second-order valence-corrected chi connectivity index (χ2v) is 4.02. The van der Waals surface area contributed by atoms with E-state index in [0.717, 1.165) is 4.90 Å². The molecule has 0 spiro atoms. The van der Waals surface area contributed by atoms with Gasteiger partial charge in [0.15, 0.2) is 0 Å². The Morgan fingerprint density at radius 3 is 2.21 bits per heavy atom. The van der Waals surface area contributed by atoms with E-state index < -0.39 is 23.8 Å². The van der Waals surface area contributed by atoms with Crippen LogP contribution in [0.5, 0.6) is 0 Å². The van der Waals surface area contributed by atoms with Gasteiger partial charge in [-0.05, 0) is 26.7 Å². The number of amides is 1. The Balaban J connectivity index is 2.90. The third kappa shape index (κ3) is 3.77. The van der Waals surface area contributed by atoms with Crippen LogP contribution in [0.15, 0.2) is 0 Å². The molecule has 1 aliphatic carbocycles. The van der Waals surface area contributed by atoms with Crippen molar-refractivity contribution >= 4 is 24.1 Å². The van der Waals surface area contributed by atoms with Crippen LogP contribution in [-0.4, -0.2) is 54.3 Å². The zero-order valence-corrected chi connectivity index (χ0v) is 11.0. The molecule has 1 amide bonds. The molecule has 0 aromatic rings. The van der Waals surface area contributed by atoms with Gasteiger partial charge in [0.25, 0.3) is 5.78 Å². The second kappa shape index (κ2) is 6.86. The Bertz CT molecular complexity index is 376. The number of ketones is 1. The first-order valence-corrected chi connectivity index (χ1v) is 6.17. The SMILES string of the molecule is CCOC(=O)C(=O)C(C(=O)OCC)N(C=O)C1CC1. The third-order valence-electron chi connectivity index (χ3n) is 2.62. The summed E-state index contributed by atoms with van der Waals surface area (Å²) < 4.78 is 9.32. The maximum atomic E-state index is 11.9. The van der Waals surface area contributed by atoms with Gasteiger partial charge in [0.2, 0.25) is 12.5 Å². The van der Waals surface area contributed by atoms with Crippen LogP contribution in [0.4, 0.5) is 0 Å². The van der Waals surface area contributed by atoms with Crippen molar-refractivity contribution in [3.05, 3.63) is 0 Å². The lowest BCUT2D eigenvalue weighted by atomic mass is 10.1. The zero-order valence-electron chi connectivity index (χ0n) is 11.0. The summed E-state index contributed by atoms with van der Waals surface area (Å²) in [4.78, 5) is 47.2. The highest BCUT2D eigenvalue weighted by Crippen LogP contribution is 2.28. The number of nitrogens with zero attached hydrogens (tertiary/aromatic N) is 1. The monoisotopic (exact) mass is 271 g/mol. The van der Waals surface area contributed by atoms with Crippen molar-refractivity contribution in [1.29, 1.82) is 0 Å². The fourth-order valence-electron chi connectivity index (χ4n) is 1.63. The molecule has 0 bridgehead atoms. The van der Waals surface area contributed by atoms with Crippen LogP contribution < -0.4 is 0 Å². The molecule has 1 rings (SSSR count). The Kier molecular flexibility index (Phi) is 5.47. The molecule has 7 nitrogen and oxygen atoms in total. The molecule has 7 heteroatoms. The van der Waals surface area contributed by atoms with Crippen LogP contribution in [0.3, 0.4) is 0 Å². The normalized spacial score (nSPS) is 15.3. The Hall–Kier alpha value is -1.92. The predicted molar refractivity (Wildman–Crippen MR) is 63.0 cm³/mol. The number of ether oxygens (including phenoxy) is 2. The van der Waals surface area contributed by atoms with Crippen molar-refractivity contribution in [3.63, 3.8) is 0 Å². The summed E-state index contributed by atoms with van der Waals surface area (Å²) in [6, 6.07) is -1.73. The van der Waals surface area contributed by atoms with Crippen molar-refractivity contribution in [2.45, 2.75) is 38.8 Å². The van der Waals surface area contributed by atoms with Gasteiger partial charge in [-0.1, -0.05) is 0 Å². The molecule has 0 aliphatic heterocycles. The van der Waals surface area contributed by atoms with Gasteiger partial charge >= 0.3 is 11.9 Å². The number of esters is 2. The lowest BCUT2D eigenvalue weighted by molar-refractivity contribution is -0.164. The molecule has 1 atom stereocenters. The van der Waals surface area contributed by atoms with Crippen LogP contribution in [0, 0.1) is 0 Å². The second-order valence-electron chi connectivity index (χ2n) is 4.02. The van der Waals surface area contributed by atoms with Gasteiger partial charge in [-0.3, -0.25) is 9.59 Å². The Morgan fingerprint density at radius 1 is 1.21 bits per heavy atom. The van der Waals surface area contributed by atoms with E-state index in [4.69, 9.17) is 4.74 Å². The highest BCUT2D eigenvalue weighted by Gasteiger charge is 2.44. The smallest absolute Gasteiger partial charge is 0.377 e. The van der Waals surface area contributed by atoms with Gasteiger partial charge in [-0.15, -0.1) is 0 Å². The molecule has 0 saturated heterocycles. The van der Waals surface area contributed by atoms with Crippen LogP contribution in [-0.2, 0) is 28.7 Å². The van der Waals surface area contributed by atoms with Crippen molar-refractivity contribution in [3.8, 4) is 0 Å². The molecule has 1 unspecified atom stereocenters. The van der Waals surface area contributed by atoms with Gasteiger partial charge in [0.05, 0.1) is 13.2 Å². The van der Waals surface area contributed by atoms with E-state index in [-0.39, 0.29) is 19.3 Å². The summed E-state index contributed by atoms with van der Waals surface area (Å²) in [5.74, 6) is -3.10. The summed E-state index contributed by atoms with van der Waals surface area (Å²) in [6.07, 6.45) is 1.80. The minimum absolute atomic E-state index is 0.0185. The molecule has 1 fully saturated rings. The van der Waals surface area contributed by atoms with E-state index in [0.29, 0.717) is 19.3 Å². The molecule has 0 N–H and O–H groups in total. The van der Waals surface area contributed by atoms with Crippen molar-refractivity contribution in [2.24, 2.45) is 0 Å². The number of carbonyl (C=O) groups excluding carboxylic acids is 4. The zero-order chi connectivity index (χ0) is 14.4. The quantitative estimate of drug-likeness (QED) is 0.260. The fourth-order valence-corrected chi connectivity index (χ4v) is 1.63.